The largest absolute Gasteiger partial charge is 0.357 e. The molecule has 1 rings (SSSR count). The van der Waals surface area contributed by atoms with Crippen LogP contribution in [0, 0.1) is 17.0 Å². The number of thiocarbonyl (C=S) groups is 1. The molecular weight excluding hydrogens is 264 g/mol. The van der Waals surface area contributed by atoms with Crippen LogP contribution < -0.4 is 15.5 Å². The molecule has 0 radical (unpaired) electrons. The monoisotopic (exact) mass is 283 g/mol. The molecule has 1 aromatic carbocycles. The third kappa shape index (κ3) is 5.19. The Bertz CT molecular complexity index is 477. The molecule has 0 unspecified atom stereocenters. The van der Waals surface area contributed by atoms with Gasteiger partial charge in [-0.15, -0.1) is 0 Å². The van der Waals surface area contributed by atoms with E-state index in [1.807, 2.05) is 6.92 Å². The van der Waals surface area contributed by atoms with E-state index in [4.69, 9.17) is 12.2 Å². The van der Waals surface area contributed by atoms with Crippen LogP contribution >= 0.6 is 12.2 Å². The fourth-order valence-electron chi connectivity index (χ4n) is 1.45. The Morgan fingerprint density at radius 1 is 1.47 bits per heavy atom. The number of nitrogens with zero attached hydrogens (tertiary/aromatic N) is 1. The zero-order chi connectivity index (χ0) is 14.4. The molecule has 0 aromatic heterocycles. The maximum absolute atomic E-state index is 10.7. The van der Waals surface area contributed by atoms with Crippen molar-refractivity contribution in [2.45, 2.75) is 6.92 Å². The Hall–Kier alpha value is -1.73. The lowest BCUT2D eigenvalue weighted by Crippen LogP contribution is -3.06. The number of quaternary nitrogens is 1. The van der Waals surface area contributed by atoms with Crippen LogP contribution in [0.2, 0.25) is 0 Å². The quantitative estimate of drug-likeness (QED) is 0.413. The number of nitrogens with one attached hydrogen (secondary N) is 3. The highest BCUT2D eigenvalue weighted by atomic mass is 32.1. The standard InChI is InChI=1S/C12H18N4O2S/c1-9-4-5-10(16(17)18)8-11(9)14-12(19)13-6-7-15(2)3/h4-5,8H,6-7H2,1-3H3,(H2,13,14,19)/p+1. The molecule has 7 heteroatoms. The summed E-state index contributed by atoms with van der Waals surface area (Å²) < 4.78 is 0. The molecule has 0 spiro atoms. The third-order valence-corrected chi connectivity index (χ3v) is 2.84. The summed E-state index contributed by atoms with van der Waals surface area (Å²) in [7, 11) is 4.12. The summed E-state index contributed by atoms with van der Waals surface area (Å²) in [4.78, 5) is 11.6. The molecule has 0 fully saturated rings. The van der Waals surface area contributed by atoms with Crippen LogP contribution in [-0.4, -0.2) is 37.2 Å². The van der Waals surface area contributed by atoms with E-state index in [1.165, 1.54) is 17.0 Å². The van der Waals surface area contributed by atoms with Crippen LogP contribution in [0.1, 0.15) is 5.56 Å². The van der Waals surface area contributed by atoms with Gasteiger partial charge in [-0.2, -0.15) is 0 Å². The second-order valence-electron chi connectivity index (χ2n) is 4.59. The van der Waals surface area contributed by atoms with Gasteiger partial charge in [-0.25, -0.2) is 0 Å². The fourth-order valence-corrected chi connectivity index (χ4v) is 1.66. The lowest BCUT2D eigenvalue weighted by atomic mass is 10.2. The molecule has 3 N–H and O–H groups in total. The van der Waals surface area contributed by atoms with E-state index in [0.717, 1.165) is 18.7 Å². The number of hydrogen-bond donors (Lipinski definition) is 3. The molecule has 0 aliphatic heterocycles. The summed E-state index contributed by atoms with van der Waals surface area (Å²) in [6.07, 6.45) is 0. The van der Waals surface area contributed by atoms with Gasteiger partial charge in [-0.1, -0.05) is 6.07 Å². The number of anilines is 1. The van der Waals surface area contributed by atoms with Gasteiger partial charge in [0.1, 0.15) is 0 Å². The molecule has 0 atom stereocenters. The van der Waals surface area contributed by atoms with Crippen LogP contribution in [0.25, 0.3) is 0 Å². The van der Waals surface area contributed by atoms with Crippen molar-refractivity contribution in [3.05, 3.63) is 33.9 Å². The van der Waals surface area contributed by atoms with Gasteiger partial charge in [-0.05, 0) is 24.7 Å². The Labute approximate surface area is 117 Å². The average Bonchev–Trinajstić information content (AvgIpc) is 2.31. The van der Waals surface area contributed by atoms with Crippen molar-refractivity contribution < 1.29 is 9.82 Å². The van der Waals surface area contributed by atoms with E-state index in [0.29, 0.717) is 10.8 Å². The predicted octanol–water partition coefficient (Wildman–Crippen LogP) is 0.334. The highest BCUT2D eigenvalue weighted by Gasteiger charge is 2.09. The van der Waals surface area contributed by atoms with Gasteiger partial charge < -0.3 is 15.5 Å². The van der Waals surface area contributed by atoms with E-state index in [1.54, 1.807) is 6.07 Å². The highest BCUT2D eigenvalue weighted by Crippen LogP contribution is 2.21. The Kier molecular flexibility index (Phi) is 5.65. The smallest absolute Gasteiger partial charge is 0.271 e. The Balaban J connectivity index is 2.63. The number of hydrogen-bond acceptors (Lipinski definition) is 3. The van der Waals surface area contributed by atoms with Gasteiger partial charge >= 0.3 is 0 Å². The van der Waals surface area contributed by atoms with Gasteiger partial charge in [0.25, 0.3) is 5.69 Å². The van der Waals surface area contributed by atoms with Crippen molar-refractivity contribution in [2.24, 2.45) is 0 Å². The van der Waals surface area contributed by atoms with Crippen molar-refractivity contribution in [3.63, 3.8) is 0 Å². The highest BCUT2D eigenvalue weighted by molar-refractivity contribution is 7.80. The molecule has 1 aromatic rings. The summed E-state index contributed by atoms with van der Waals surface area (Å²) in [5.74, 6) is 0. The maximum Gasteiger partial charge on any atom is 0.271 e. The SMILES string of the molecule is Cc1ccc([N+](=O)[O-])cc1NC(=S)NCC[NH+](C)C. The number of benzene rings is 1. The first-order chi connectivity index (χ1) is 8.90. The van der Waals surface area contributed by atoms with Crippen molar-refractivity contribution in [2.75, 3.05) is 32.5 Å². The summed E-state index contributed by atoms with van der Waals surface area (Å²) in [5.41, 5.74) is 1.62. The summed E-state index contributed by atoms with van der Waals surface area (Å²) in [6, 6.07) is 4.67. The summed E-state index contributed by atoms with van der Waals surface area (Å²) in [6.45, 7) is 3.57. The van der Waals surface area contributed by atoms with E-state index in [9.17, 15) is 10.1 Å². The number of likely N-dealkylation sites (N-methyl/N-ethyl adjacent to an activating group) is 1. The van der Waals surface area contributed by atoms with Crippen molar-refractivity contribution in [3.8, 4) is 0 Å². The number of nitro groups is 1. The molecule has 0 aliphatic rings. The molecule has 0 heterocycles. The molecule has 104 valence electrons. The molecular formula is C12H19N4O2S+. The number of nitro benzene ring substituents is 1. The van der Waals surface area contributed by atoms with Crippen molar-refractivity contribution in [1.82, 2.24) is 5.32 Å². The number of rotatable bonds is 5. The Morgan fingerprint density at radius 2 is 2.16 bits per heavy atom. The minimum Gasteiger partial charge on any atom is -0.357 e. The second-order valence-corrected chi connectivity index (χ2v) is 5.00. The Morgan fingerprint density at radius 3 is 2.74 bits per heavy atom. The zero-order valence-electron chi connectivity index (χ0n) is 11.3. The van der Waals surface area contributed by atoms with Crippen LogP contribution in [-0.2, 0) is 0 Å². The van der Waals surface area contributed by atoms with Gasteiger partial charge in [-0.3, -0.25) is 10.1 Å². The van der Waals surface area contributed by atoms with Crippen molar-refractivity contribution in [1.29, 1.82) is 0 Å². The molecule has 0 saturated heterocycles. The molecule has 0 amide bonds. The number of aryl methyl sites for hydroxylation is 1. The second kappa shape index (κ2) is 7.01. The van der Waals surface area contributed by atoms with Crippen LogP contribution in [0.5, 0.6) is 0 Å². The molecule has 0 saturated carbocycles. The third-order valence-electron chi connectivity index (χ3n) is 2.59. The first-order valence-corrected chi connectivity index (χ1v) is 6.40. The molecule has 19 heavy (non-hydrogen) atoms. The zero-order valence-corrected chi connectivity index (χ0v) is 12.1. The lowest BCUT2D eigenvalue weighted by Gasteiger charge is -2.13. The molecule has 6 nitrogen and oxygen atoms in total. The van der Waals surface area contributed by atoms with Gasteiger partial charge in [0.2, 0.25) is 0 Å². The van der Waals surface area contributed by atoms with E-state index < -0.39 is 4.92 Å². The maximum atomic E-state index is 10.7. The topological polar surface area (TPSA) is 71.6 Å². The van der Waals surface area contributed by atoms with Gasteiger partial charge in [0.15, 0.2) is 5.11 Å². The minimum atomic E-state index is -0.420. The fraction of sp³-hybridized carbons (Fsp3) is 0.417. The van der Waals surface area contributed by atoms with Crippen LogP contribution in [0.3, 0.4) is 0 Å². The van der Waals surface area contributed by atoms with E-state index >= 15 is 0 Å². The minimum absolute atomic E-state index is 0.0497. The first kappa shape index (κ1) is 15.3. The van der Waals surface area contributed by atoms with Crippen molar-refractivity contribution >= 4 is 28.7 Å². The van der Waals surface area contributed by atoms with Gasteiger partial charge in [0.05, 0.1) is 32.1 Å². The first-order valence-electron chi connectivity index (χ1n) is 5.99. The van der Waals surface area contributed by atoms with Crippen LogP contribution in [0.15, 0.2) is 18.2 Å². The van der Waals surface area contributed by atoms with Gasteiger partial charge in [0, 0.05) is 17.8 Å². The normalized spacial score (nSPS) is 10.3. The average molecular weight is 283 g/mol. The summed E-state index contributed by atoms with van der Waals surface area (Å²) >= 11 is 5.16. The van der Waals surface area contributed by atoms with E-state index in [-0.39, 0.29) is 5.69 Å². The summed E-state index contributed by atoms with van der Waals surface area (Å²) in [5, 5.41) is 17.3. The molecule has 0 aliphatic carbocycles. The van der Waals surface area contributed by atoms with Crippen LogP contribution in [0.4, 0.5) is 11.4 Å². The molecule has 0 bridgehead atoms. The predicted molar refractivity (Wildman–Crippen MR) is 79.7 cm³/mol. The lowest BCUT2D eigenvalue weighted by molar-refractivity contribution is -0.856. The van der Waals surface area contributed by atoms with E-state index in [2.05, 4.69) is 24.7 Å². The number of non-ortho nitro benzene ring substituents is 1.